The van der Waals surface area contributed by atoms with E-state index in [-0.39, 0.29) is 36.8 Å². The highest BCUT2D eigenvalue weighted by Gasteiger charge is 2.40. The van der Waals surface area contributed by atoms with E-state index in [0.29, 0.717) is 28.1 Å². The molecule has 1 N–H and O–H groups in total. The highest BCUT2D eigenvalue weighted by Crippen LogP contribution is 2.32. The summed E-state index contributed by atoms with van der Waals surface area (Å²) in [5, 5.41) is 19.6. The van der Waals surface area contributed by atoms with Gasteiger partial charge in [-0.15, -0.1) is 5.10 Å². The van der Waals surface area contributed by atoms with E-state index in [2.05, 4.69) is 15.6 Å². The summed E-state index contributed by atoms with van der Waals surface area (Å²) < 4.78 is 15.1. The molecular weight excluding hydrogens is 415 g/mol. The minimum Gasteiger partial charge on any atom is -0.322 e. The van der Waals surface area contributed by atoms with Gasteiger partial charge in [-0.2, -0.15) is 5.26 Å². The van der Waals surface area contributed by atoms with Crippen molar-refractivity contribution >= 4 is 17.7 Å². The van der Waals surface area contributed by atoms with Crippen LogP contribution in [0.15, 0.2) is 42.6 Å². The maximum Gasteiger partial charge on any atom is 0.255 e. The maximum atomic E-state index is 13.6. The lowest BCUT2D eigenvalue weighted by molar-refractivity contribution is -0.136. The highest BCUT2D eigenvalue weighted by atomic mass is 19.1. The van der Waals surface area contributed by atoms with E-state index in [1.54, 1.807) is 30.5 Å². The number of nitrogens with one attached hydrogen (secondary N) is 1. The molecule has 0 aliphatic carbocycles. The van der Waals surface area contributed by atoms with Gasteiger partial charge in [-0.1, -0.05) is 11.3 Å². The molecule has 2 aliphatic heterocycles. The van der Waals surface area contributed by atoms with E-state index in [1.807, 2.05) is 0 Å². The Kier molecular flexibility index (Phi) is 4.52. The van der Waals surface area contributed by atoms with E-state index in [0.717, 1.165) is 0 Å². The SMILES string of the molecule is N#Cc1cc(-c2cn(-c3cccc4c3CN(C3CCC(=O)NC3=O)C4=O)nn2)ccc1F. The third kappa shape index (κ3) is 3.11. The van der Waals surface area contributed by atoms with Crippen molar-refractivity contribution in [1.29, 1.82) is 5.26 Å². The first-order chi connectivity index (χ1) is 15.5. The summed E-state index contributed by atoms with van der Waals surface area (Å²) >= 11 is 0. The van der Waals surface area contributed by atoms with Crippen molar-refractivity contribution in [3.8, 4) is 23.0 Å². The summed E-state index contributed by atoms with van der Waals surface area (Å²) in [6.45, 7) is 0.195. The van der Waals surface area contributed by atoms with Crippen molar-refractivity contribution in [3.05, 3.63) is 65.1 Å². The number of rotatable bonds is 3. The number of carbonyl (C=O) groups is 3. The zero-order chi connectivity index (χ0) is 22.4. The largest absolute Gasteiger partial charge is 0.322 e. The summed E-state index contributed by atoms with van der Waals surface area (Å²) in [6.07, 6.45) is 2.08. The van der Waals surface area contributed by atoms with Crippen molar-refractivity contribution in [2.24, 2.45) is 0 Å². The smallest absolute Gasteiger partial charge is 0.255 e. The van der Waals surface area contributed by atoms with Gasteiger partial charge >= 0.3 is 0 Å². The van der Waals surface area contributed by atoms with E-state index >= 15 is 0 Å². The summed E-state index contributed by atoms with van der Waals surface area (Å²) in [7, 11) is 0. The van der Waals surface area contributed by atoms with Gasteiger partial charge in [-0.3, -0.25) is 19.7 Å². The summed E-state index contributed by atoms with van der Waals surface area (Å²) in [5.74, 6) is -1.71. The molecule has 1 fully saturated rings. The maximum absolute atomic E-state index is 13.6. The average Bonchev–Trinajstić information content (AvgIpc) is 3.40. The minimum absolute atomic E-state index is 0.0943. The van der Waals surface area contributed by atoms with Gasteiger partial charge in [0.1, 0.15) is 23.6 Å². The van der Waals surface area contributed by atoms with Gasteiger partial charge in [0.2, 0.25) is 11.8 Å². The Morgan fingerprint density at radius 1 is 1.19 bits per heavy atom. The van der Waals surface area contributed by atoms with Crippen LogP contribution in [0.25, 0.3) is 16.9 Å². The van der Waals surface area contributed by atoms with Crippen LogP contribution in [0, 0.1) is 17.1 Å². The molecule has 1 unspecified atom stereocenters. The molecular formula is C22H15FN6O3. The van der Waals surface area contributed by atoms with Gasteiger partial charge in [-0.05, 0) is 36.8 Å². The van der Waals surface area contributed by atoms with Crippen LogP contribution in [0.3, 0.4) is 0 Å². The quantitative estimate of drug-likeness (QED) is 0.632. The molecule has 1 saturated heterocycles. The molecule has 1 aromatic heterocycles. The Balaban J connectivity index is 1.48. The number of nitriles is 1. The summed E-state index contributed by atoms with van der Waals surface area (Å²) in [5.41, 5.74) is 2.64. The van der Waals surface area contributed by atoms with Gasteiger partial charge in [0.25, 0.3) is 5.91 Å². The van der Waals surface area contributed by atoms with Crippen LogP contribution in [0.1, 0.15) is 34.3 Å². The second-order valence-electron chi connectivity index (χ2n) is 7.56. The van der Waals surface area contributed by atoms with Crippen molar-refractivity contribution in [2.45, 2.75) is 25.4 Å². The predicted octanol–water partition coefficient (Wildman–Crippen LogP) is 1.71. The van der Waals surface area contributed by atoms with Gasteiger partial charge in [-0.25, -0.2) is 9.07 Å². The molecule has 158 valence electrons. The molecule has 0 radical (unpaired) electrons. The fourth-order valence-corrected chi connectivity index (χ4v) is 4.07. The van der Waals surface area contributed by atoms with Crippen molar-refractivity contribution in [1.82, 2.24) is 25.2 Å². The predicted molar refractivity (Wildman–Crippen MR) is 108 cm³/mol. The number of aromatic nitrogens is 3. The van der Waals surface area contributed by atoms with Crippen LogP contribution in [-0.4, -0.2) is 43.7 Å². The second kappa shape index (κ2) is 7.39. The molecule has 32 heavy (non-hydrogen) atoms. The van der Waals surface area contributed by atoms with Crippen LogP contribution < -0.4 is 5.32 Å². The van der Waals surface area contributed by atoms with Gasteiger partial charge in [0.15, 0.2) is 0 Å². The molecule has 2 aromatic carbocycles. The normalized spacial score (nSPS) is 17.8. The molecule has 5 rings (SSSR count). The minimum atomic E-state index is -0.713. The number of amides is 3. The molecule has 3 aromatic rings. The Labute approximate surface area is 181 Å². The molecule has 0 saturated carbocycles. The third-order valence-corrected chi connectivity index (χ3v) is 5.68. The monoisotopic (exact) mass is 430 g/mol. The lowest BCUT2D eigenvalue weighted by atomic mass is 10.0. The number of hydrogen-bond donors (Lipinski definition) is 1. The van der Waals surface area contributed by atoms with Crippen molar-refractivity contribution in [3.63, 3.8) is 0 Å². The Bertz CT molecular complexity index is 1340. The fourth-order valence-electron chi connectivity index (χ4n) is 4.07. The number of fused-ring (bicyclic) bond motifs is 1. The summed E-state index contributed by atoms with van der Waals surface area (Å²) in [6, 6.07) is 10.4. The van der Waals surface area contributed by atoms with E-state index in [4.69, 9.17) is 5.26 Å². The zero-order valence-electron chi connectivity index (χ0n) is 16.6. The van der Waals surface area contributed by atoms with Crippen LogP contribution in [-0.2, 0) is 16.1 Å². The lowest BCUT2D eigenvalue weighted by Crippen LogP contribution is -2.52. The van der Waals surface area contributed by atoms with E-state index < -0.39 is 17.8 Å². The second-order valence-corrected chi connectivity index (χ2v) is 7.56. The molecule has 9 nitrogen and oxygen atoms in total. The van der Waals surface area contributed by atoms with Crippen molar-refractivity contribution < 1.29 is 18.8 Å². The lowest BCUT2D eigenvalue weighted by Gasteiger charge is -2.29. The molecule has 3 amide bonds. The number of imide groups is 1. The average molecular weight is 430 g/mol. The number of carbonyl (C=O) groups excluding carboxylic acids is 3. The molecule has 1 atom stereocenters. The Morgan fingerprint density at radius 3 is 2.81 bits per heavy atom. The highest BCUT2D eigenvalue weighted by molar-refractivity contribution is 6.05. The number of nitrogens with zero attached hydrogens (tertiary/aromatic N) is 5. The van der Waals surface area contributed by atoms with Crippen LogP contribution in [0.5, 0.6) is 0 Å². The molecule has 3 heterocycles. The van der Waals surface area contributed by atoms with Gasteiger partial charge in [0.05, 0.1) is 17.4 Å². The van der Waals surface area contributed by atoms with Crippen molar-refractivity contribution in [2.75, 3.05) is 0 Å². The van der Waals surface area contributed by atoms with Crippen LogP contribution in [0.4, 0.5) is 4.39 Å². The number of halogens is 1. The molecule has 0 spiro atoms. The van der Waals surface area contributed by atoms with E-state index in [9.17, 15) is 18.8 Å². The summed E-state index contributed by atoms with van der Waals surface area (Å²) in [4.78, 5) is 38.2. The number of hydrogen-bond acceptors (Lipinski definition) is 6. The Hall–Kier alpha value is -4.39. The van der Waals surface area contributed by atoms with Gasteiger partial charge in [0, 0.05) is 29.7 Å². The molecule has 10 heteroatoms. The fraction of sp³-hybridized carbons (Fsp3) is 0.182. The van der Waals surface area contributed by atoms with Crippen LogP contribution in [0.2, 0.25) is 0 Å². The number of piperidine rings is 1. The standard InChI is InChI=1S/C22H15FN6O3/c23-16-5-4-12(8-13(16)9-24)17-11-29(27-26-17)18-3-1-2-14-15(18)10-28(22(14)32)19-6-7-20(30)25-21(19)31/h1-5,8,11,19H,6-7,10H2,(H,25,30,31). The first-order valence-corrected chi connectivity index (χ1v) is 9.85. The number of benzene rings is 2. The first-order valence-electron chi connectivity index (χ1n) is 9.85. The first kappa shape index (κ1) is 19.6. The van der Waals surface area contributed by atoms with E-state index in [1.165, 1.54) is 27.8 Å². The molecule has 0 bridgehead atoms. The topological polar surface area (TPSA) is 121 Å². The molecule has 2 aliphatic rings. The Morgan fingerprint density at radius 2 is 2.03 bits per heavy atom. The third-order valence-electron chi connectivity index (χ3n) is 5.68. The zero-order valence-corrected chi connectivity index (χ0v) is 16.6. The van der Waals surface area contributed by atoms with Crippen LogP contribution >= 0.6 is 0 Å². The van der Waals surface area contributed by atoms with Gasteiger partial charge < -0.3 is 4.90 Å².